The Morgan fingerprint density at radius 3 is 2.83 bits per heavy atom. The first-order valence-corrected chi connectivity index (χ1v) is 5.98. The molecule has 1 aromatic carbocycles. The van der Waals surface area contributed by atoms with Gasteiger partial charge in [-0.1, -0.05) is 29.8 Å². The lowest BCUT2D eigenvalue weighted by Crippen LogP contribution is -2.35. The summed E-state index contributed by atoms with van der Waals surface area (Å²) in [4.78, 5) is 11.0. The van der Waals surface area contributed by atoms with Crippen molar-refractivity contribution in [2.45, 2.75) is 13.5 Å². The first kappa shape index (κ1) is 12.6. The zero-order valence-electron chi connectivity index (χ0n) is 9.89. The number of nitrogens with zero attached hydrogens (tertiary/aromatic N) is 2. The summed E-state index contributed by atoms with van der Waals surface area (Å²) in [6.07, 6.45) is 1.62. The average Bonchev–Trinajstić information content (AvgIpc) is 2.79. The molecule has 1 aromatic heterocycles. The maximum absolute atomic E-state index is 11.0. The quantitative estimate of drug-likeness (QED) is 0.674. The number of anilines is 1. The first-order valence-electron chi connectivity index (χ1n) is 5.45. The predicted octanol–water partition coefficient (Wildman–Crippen LogP) is 1.50. The van der Waals surface area contributed by atoms with Crippen LogP contribution < -0.4 is 10.00 Å². The maximum atomic E-state index is 11.0. The van der Waals surface area contributed by atoms with Crippen molar-refractivity contribution >= 4 is 23.4 Å². The van der Waals surface area contributed by atoms with Gasteiger partial charge in [0.25, 0.3) is 6.20 Å². The molecule has 0 radical (unpaired) electrons. The zero-order valence-corrected chi connectivity index (χ0v) is 10.6. The van der Waals surface area contributed by atoms with E-state index in [4.69, 9.17) is 16.1 Å². The molecule has 2 aromatic rings. The molecule has 1 heterocycles. The molecule has 0 saturated carbocycles. The fourth-order valence-electron chi connectivity index (χ4n) is 1.46. The maximum Gasteiger partial charge on any atom is 0.302 e. The minimum absolute atomic E-state index is 0.112. The fraction of sp³-hybridized carbons (Fsp3) is 0.250. The number of nitrogens with one attached hydrogen (secondary N) is 1. The van der Waals surface area contributed by atoms with Crippen molar-refractivity contribution in [3.8, 4) is 0 Å². The summed E-state index contributed by atoms with van der Waals surface area (Å²) in [5.41, 5.74) is 2.31. The highest BCUT2D eigenvalue weighted by Gasteiger charge is 2.13. The number of hydrogen-bond donors (Lipinski definition) is 1. The molecule has 0 bridgehead atoms. The Morgan fingerprint density at radius 1 is 1.44 bits per heavy atom. The van der Waals surface area contributed by atoms with Crippen LogP contribution in [0.3, 0.4) is 0 Å². The van der Waals surface area contributed by atoms with E-state index in [1.54, 1.807) is 10.9 Å². The number of aryl methyl sites for hydroxylation is 1. The van der Waals surface area contributed by atoms with Gasteiger partial charge in [0.1, 0.15) is 5.88 Å². The standard InChI is InChI=1S/C12H12ClN3O2/c1-9-2-4-10(5-3-9)7-16-8-12(18-15-16)14-11(17)6-13/h2-5,8H,6-7H2,1H3/p+1. The molecular weight excluding hydrogens is 254 g/mol. The van der Waals surface area contributed by atoms with Crippen LogP contribution in [0.25, 0.3) is 0 Å². The monoisotopic (exact) mass is 266 g/mol. The highest BCUT2D eigenvalue weighted by atomic mass is 35.5. The van der Waals surface area contributed by atoms with E-state index in [9.17, 15) is 4.79 Å². The summed E-state index contributed by atoms with van der Waals surface area (Å²) in [7, 11) is 0. The molecule has 0 unspecified atom stereocenters. The van der Waals surface area contributed by atoms with Gasteiger partial charge in [-0.3, -0.25) is 14.6 Å². The van der Waals surface area contributed by atoms with Gasteiger partial charge in [0.2, 0.25) is 17.7 Å². The molecule has 5 nitrogen and oxygen atoms in total. The van der Waals surface area contributed by atoms with Crippen LogP contribution >= 0.6 is 11.6 Å². The molecule has 1 N–H and O–H groups in total. The van der Waals surface area contributed by atoms with E-state index in [1.165, 1.54) is 5.56 Å². The SMILES string of the molecule is Cc1ccc(C[n+]2cc(NC(=O)CCl)on2)cc1. The summed E-state index contributed by atoms with van der Waals surface area (Å²) in [6, 6.07) is 8.11. The lowest BCUT2D eigenvalue weighted by atomic mass is 10.1. The van der Waals surface area contributed by atoms with Gasteiger partial charge in [-0.05, 0) is 11.6 Å². The van der Waals surface area contributed by atoms with Crippen LogP contribution in [-0.4, -0.2) is 17.1 Å². The van der Waals surface area contributed by atoms with E-state index in [2.05, 4.69) is 10.6 Å². The lowest BCUT2D eigenvalue weighted by molar-refractivity contribution is -0.754. The Labute approximate surface area is 109 Å². The van der Waals surface area contributed by atoms with Crippen molar-refractivity contribution in [3.05, 3.63) is 41.6 Å². The van der Waals surface area contributed by atoms with E-state index in [0.717, 1.165) is 5.56 Å². The number of hydrogen-bond acceptors (Lipinski definition) is 3. The van der Waals surface area contributed by atoms with Gasteiger partial charge in [-0.2, -0.15) is 0 Å². The second kappa shape index (κ2) is 5.64. The summed E-state index contributed by atoms with van der Waals surface area (Å²) in [6.45, 7) is 2.62. The molecule has 18 heavy (non-hydrogen) atoms. The predicted molar refractivity (Wildman–Crippen MR) is 66.3 cm³/mol. The lowest BCUT2D eigenvalue weighted by Gasteiger charge is -1.94. The largest absolute Gasteiger partial charge is 0.302 e. The minimum atomic E-state index is -0.324. The third kappa shape index (κ3) is 3.30. The van der Waals surface area contributed by atoms with Gasteiger partial charge in [-0.25, -0.2) is 0 Å². The van der Waals surface area contributed by atoms with Crippen LogP contribution in [0.2, 0.25) is 0 Å². The molecule has 94 valence electrons. The molecule has 2 rings (SSSR count). The molecule has 0 spiro atoms. The molecular formula is C12H13ClN3O2+. The van der Waals surface area contributed by atoms with Gasteiger partial charge in [0, 0.05) is 5.56 Å². The third-order valence-electron chi connectivity index (χ3n) is 2.36. The molecule has 6 heteroatoms. The zero-order chi connectivity index (χ0) is 13.0. The van der Waals surface area contributed by atoms with Crippen molar-refractivity contribution in [2.75, 3.05) is 11.2 Å². The number of amides is 1. The van der Waals surface area contributed by atoms with Crippen molar-refractivity contribution in [2.24, 2.45) is 0 Å². The summed E-state index contributed by atoms with van der Waals surface area (Å²) in [5, 5.41) is 6.29. The molecule has 1 amide bonds. The van der Waals surface area contributed by atoms with Gasteiger partial charge in [-0.15, -0.1) is 11.6 Å². The molecule has 0 aliphatic rings. The normalized spacial score (nSPS) is 10.3. The van der Waals surface area contributed by atoms with Crippen molar-refractivity contribution in [1.82, 2.24) is 5.27 Å². The van der Waals surface area contributed by atoms with Gasteiger partial charge < -0.3 is 0 Å². The molecule has 0 aliphatic carbocycles. The highest BCUT2D eigenvalue weighted by Crippen LogP contribution is 2.04. The Kier molecular flexibility index (Phi) is 3.94. The summed E-state index contributed by atoms with van der Waals surface area (Å²) in [5.74, 6) is -0.151. The van der Waals surface area contributed by atoms with Gasteiger partial charge in [0.05, 0.1) is 0 Å². The van der Waals surface area contributed by atoms with Crippen LogP contribution in [-0.2, 0) is 11.3 Å². The van der Waals surface area contributed by atoms with Crippen LogP contribution in [0.5, 0.6) is 0 Å². The molecule has 0 saturated heterocycles. The second-order valence-electron chi connectivity index (χ2n) is 3.93. The Balaban J connectivity index is 2.02. The van der Waals surface area contributed by atoms with E-state index in [-0.39, 0.29) is 17.7 Å². The Morgan fingerprint density at radius 2 is 2.17 bits per heavy atom. The molecule has 0 atom stereocenters. The van der Waals surface area contributed by atoms with E-state index in [0.29, 0.717) is 6.54 Å². The Bertz CT molecular complexity index is 537. The smallest absolute Gasteiger partial charge is 0.288 e. The number of aromatic nitrogens is 2. The molecule has 0 fully saturated rings. The number of benzene rings is 1. The summed E-state index contributed by atoms with van der Waals surface area (Å²) < 4.78 is 6.56. The number of carbonyl (C=O) groups excluding carboxylic acids is 1. The van der Waals surface area contributed by atoms with Crippen LogP contribution in [0, 0.1) is 6.92 Å². The number of rotatable bonds is 4. The van der Waals surface area contributed by atoms with Gasteiger partial charge >= 0.3 is 5.88 Å². The van der Waals surface area contributed by atoms with E-state index < -0.39 is 0 Å². The van der Waals surface area contributed by atoms with Crippen molar-refractivity contribution in [3.63, 3.8) is 0 Å². The number of halogens is 1. The average molecular weight is 267 g/mol. The third-order valence-corrected chi connectivity index (χ3v) is 2.60. The second-order valence-corrected chi connectivity index (χ2v) is 4.20. The van der Waals surface area contributed by atoms with Crippen molar-refractivity contribution < 1.29 is 14.0 Å². The fourth-order valence-corrected chi connectivity index (χ4v) is 1.53. The van der Waals surface area contributed by atoms with Gasteiger partial charge in [0.15, 0.2) is 0 Å². The number of alkyl halides is 1. The highest BCUT2D eigenvalue weighted by molar-refractivity contribution is 6.28. The van der Waals surface area contributed by atoms with Crippen LogP contribution in [0.4, 0.5) is 5.88 Å². The summed E-state index contributed by atoms with van der Waals surface area (Å²) >= 11 is 5.37. The number of carbonyl (C=O) groups is 1. The van der Waals surface area contributed by atoms with Crippen LogP contribution in [0.1, 0.15) is 11.1 Å². The minimum Gasteiger partial charge on any atom is -0.288 e. The van der Waals surface area contributed by atoms with E-state index >= 15 is 0 Å². The first-order chi connectivity index (χ1) is 8.67. The Hall–Kier alpha value is -1.88. The topological polar surface area (TPSA) is 59.0 Å². The molecule has 0 aliphatic heterocycles. The van der Waals surface area contributed by atoms with E-state index in [1.807, 2.05) is 31.2 Å². The van der Waals surface area contributed by atoms with Crippen molar-refractivity contribution in [1.29, 1.82) is 0 Å². The van der Waals surface area contributed by atoms with Crippen LogP contribution in [0.15, 0.2) is 35.0 Å².